The van der Waals surface area contributed by atoms with E-state index in [2.05, 4.69) is 10.4 Å². The molecule has 0 saturated carbocycles. The summed E-state index contributed by atoms with van der Waals surface area (Å²) in [7, 11) is 3.42. The number of carbonyl (C=O) groups is 1. The van der Waals surface area contributed by atoms with E-state index in [1.807, 2.05) is 24.3 Å². The van der Waals surface area contributed by atoms with Crippen LogP contribution in [0.2, 0.25) is 0 Å². The zero-order valence-electron chi connectivity index (χ0n) is 11.1. The standard InChI is InChI=1S/C14H17N3O2/c1-17-13(9-10-15-17)16-14(18)8-7-11-5-3-4-6-12(11)19-2/h3-6,9-10H,7-8H2,1-2H3,(H,16,18). The average molecular weight is 259 g/mol. The van der Waals surface area contributed by atoms with E-state index in [4.69, 9.17) is 4.74 Å². The SMILES string of the molecule is COc1ccccc1CCC(=O)Nc1ccnn1C. The molecule has 19 heavy (non-hydrogen) atoms. The van der Waals surface area contributed by atoms with Crippen LogP contribution in [0.25, 0.3) is 0 Å². The van der Waals surface area contributed by atoms with E-state index in [1.165, 1.54) is 0 Å². The summed E-state index contributed by atoms with van der Waals surface area (Å²) >= 11 is 0. The number of carbonyl (C=O) groups excluding carboxylic acids is 1. The summed E-state index contributed by atoms with van der Waals surface area (Å²) in [6.45, 7) is 0. The summed E-state index contributed by atoms with van der Waals surface area (Å²) in [6, 6.07) is 9.49. The number of methoxy groups -OCH3 is 1. The zero-order chi connectivity index (χ0) is 13.7. The minimum absolute atomic E-state index is 0.0329. The van der Waals surface area contributed by atoms with Crippen molar-refractivity contribution in [3.8, 4) is 5.75 Å². The molecule has 0 fully saturated rings. The van der Waals surface area contributed by atoms with Gasteiger partial charge in [-0.2, -0.15) is 5.10 Å². The molecule has 100 valence electrons. The average Bonchev–Trinajstić information content (AvgIpc) is 2.82. The number of anilines is 1. The molecule has 0 aliphatic heterocycles. The Labute approximate surface area is 112 Å². The van der Waals surface area contributed by atoms with E-state index in [9.17, 15) is 4.79 Å². The van der Waals surface area contributed by atoms with Gasteiger partial charge in [0.05, 0.1) is 13.3 Å². The summed E-state index contributed by atoms with van der Waals surface area (Å²) in [5, 5.41) is 6.82. The third kappa shape index (κ3) is 3.34. The summed E-state index contributed by atoms with van der Waals surface area (Å²) < 4.78 is 6.88. The third-order valence-electron chi connectivity index (χ3n) is 2.90. The lowest BCUT2D eigenvalue weighted by Crippen LogP contribution is -2.15. The Hall–Kier alpha value is -2.30. The highest BCUT2D eigenvalue weighted by Gasteiger charge is 2.08. The molecule has 1 N–H and O–H groups in total. The van der Waals surface area contributed by atoms with Crippen molar-refractivity contribution in [2.45, 2.75) is 12.8 Å². The maximum absolute atomic E-state index is 11.8. The maximum atomic E-state index is 11.8. The lowest BCUT2D eigenvalue weighted by Gasteiger charge is -2.08. The number of rotatable bonds is 5. The van der Waals surface area contributed by atoms with Gasteiger partial charge in [0, 0.05) is 19.5 Å². The van der Waals surface area contributed by atoms with Gasteiger partial charge in [-0.1, -0.05) is 18.2 Å². The first kappa shape index (κ1) is 13.1. The second kappa shape index (κ2) is 6.04. The molecule has 1 aromatic heterocycles. The molecule has 2 rings (SSSR count). The number of ether oxygens (including phenoxy) is 1. The van der Waals surface area contributed by atoms with Crippen LogP contribution in [0.1, 0.15) is 12.0 Å². The minimum Gasteiger partial charge on any atom is -0.496 e. The second-order valence-corrected chi connectivity index (χ2v) is 4.20. The predicted molar refractivity (Wildman–Crippen MR) is 73.2 cm³/mol. The lowest BCUT2D eigenvalue weighted by atomic mass is 10.1. The number of benzene rings is 1. The van der Waals surface area contributed by atoms with Crippen LogP contribution in [0.15, 0.2) is 36.5 Å². The van der Waals surface area contributed by atoms with Crippen LogP contribution in [0.5, 0.6) is 5.75 Å². The smallest absolute Gasteiger partial charge is 0.225 e. The fraction of sp³-hybridized carbons (Fsp3) is 0.286. The highest BCUT2D eigenvalue weighted by molar-refractivity contribution is 5.89. The van der Waals surface area contributed by atoms with Crippen LogP contribution in [0.3, 0.4) is 0 Å². The number of aromatic nitrogens is 2. The Morgan fingerprint density at radius 1 is 1.37 bits per heavy atom. The topological polar surface area (TPSA) is 56.1 Å². The van der Waals surface area contributed by atoms with Crippen LogP contribution in [-0.4, -0.2) is 22.8 Å². The van der Waals surface area contributed by atoms with Crippen LogP contribution in [0, 0.1) is 0 Å². The molecular formula is C14H17N3O2. The van der Waals surface area contributed by atoms with Crippen molar-refractivity contribution >= 4 is 11.7 Å². The Balaban J connectivity index is 1.92. The molecule has 5 heteroatoms. The molecule has 1 amide bonds. The Kier molecular flexibility index (Phi) is 4.18. The third-order valence-corrected chi connectivity index (χ3v) is 2.90. The number of nitrogens with zero attached hydrogens (tertiary/aromatic N) is 2. The number of nitrogens with one attached hydrogen (secondary N) is 1. The van der Waals surface area contributed by atoms with Gasteiger partial charge in [0.15, 0.2) is 0 Å². The van der Waals surface area contributed by atoms with E-state index in [1.54, 1.807) is 31.1 Å². The van der Waals surface area contributed by atoms with E-state index in [0.29, 0.717) is 18.7 Å². The van der Waals surface area contributed by atoms with Crippen LogP contribution >= 0.6 is 0 Å². The highest BCUT2D eigenvalue weighted by Crippen LogP contribution is 2.19. The number of amides is 1. The maximum Gasteiger partial charge on any atom is 0.225 e. The fourth-order valence-corrected chi connectivity index (χ4v) is 1.86. The van der Waals surface area contributed by atoms with Gasteiger partial charge in [0.1, 0.15) is 11.6 Å². The minimum atomic E-state index is -0.0329. The Morgan fingerprint density at radius 3 is 2.84 bits per heavy atom. The van der Waals surface area contributed by atoms with Gasteiger partial charge in [-0.3, -0.25) is 9.48 Å². The molecular weight excluding hydrogens is 242 g/mol. The fourth-order valence-electron chi connectivity index (χ4n) is 1.86. The first-order chi connectivity index (χ1) is 9.20. The van der Waals surface area contributed by atoms with Crippen LogP contribution < -0.4 is 10.1 Å². The molecule has 0 saturated heterocycles. The molecule has 5 nitrogen and oxygen atoms in total. The summed E-state index contributed by atoms with van der Waals surface area (Å²) in [5.41, 5.74) is 1.03. The highest BCUT2D eigenvalue weighted by atomic mass is 16.5. The van der Waals surface area contributed by atoms with E-state index < -0.39 is 0 Å². The largest absolute Gasteiger partial charge is 0.496 e. The number of para-hydroxylation sites is 1. The quantitative estimate of drug-likeness (QED) is 0.893. The van der Waals surface area contributed by atoms with Gasteiger partial charge in [-0.15, -0.1) is 0 Å². The normalized spacial score (nSPS) is 10.2. The van der Waals surface area contributed by atoms with Gasteiger partial charge < -0.3 is 10.1 Å². The zero-order valence-corrected chi connectivity index (χ0v) is 11.1. The summed E-state index contributed by atoms with van der Waals surface area (Å²) in [5.74, 6) is 1.48. The van der Waals surface area contributed by atoms with Crippen molar-refractivity contribution in [2.24, 2.45) is 7.05 Å². The summed E-state index contributed by atoms with van der Waals surface area (Å²) in [4.78, 5) is 11.8. The van der Waals surface area contributed by atoms with Crippen molar-refractivity contribution < 1.29 is 9.53 Å². The van der Waals surface area contributed by atoms with Crippen molar-refractivity contribution in [1.29, 1.82) is 0 Å². The van der Waals surface area contributed by atoms with Gasteiger partial charge in [0.25, 0.3) is 0 Å². The van der Waals surface area contributed by atoms with Crippen molar-refractivity contribution in [1.82, 2.24) is 9.78 Å². The monoisotopic (exact) mass is 259 g/mol. The molecule has 1 aromatic carbocycles. The molecule has 0 spiro atoms. The Bertz CT molecular complexity index is 563. The predicted octanol–water partition coefficient (Wildman–Crippen LogP) is 2.00. The van der Waals surface area contributed by atoms with Gasteiger partial charge in [-0.25, -0.2) is 0 Å². The number of hydrogen-bond acceptors (Lipinski definition) is 3. The lowest BCUT2D eigenvalue weighted by molar-refractivity contribution is -0.116. The van der Waals surface area contributed by atoms with Crippen molar-refractivity contribution in [2.75, 3.05) is 12.4 Å². The van der Waals surface area contributed by atoms with Gasteiger partial charge >= 0.3 is 0 Å². The van der Waals surface area contributed by atoms with E-state index in [0.717, 1.165) is 11.3 Å². The molecule has 2 aromatic rings. The Morgan fingerprint density at radius 2 is 2.16 bits per heavy atom. The van der Waals surface area contributed by atoms with Crippen LogP contribution in [-0.2, 0) is 18.3 Å². The van der Waals surface area contributed by atoms with Crippen LogP contribution in [0.4, 0.5) is 5.82 Å². The number of aryl methyl sites for hydroxylation is 2. The molecule has 0 unspecified atom stereocenters. The molecule has 0 atom stereocenters. The van der Waals surface area contributed by atoms with E-state index in [-0.39, 0.29) is 5.91 Å². The molecule has 0 aliphatic rings. The first-order valence-electron chi connectivity index (χ1n) is 6.10. The summed E-state index contributed by atoms with van der Waals surface area (Å²) in [6.07, 6.45) is 2.70. The first-order valence-corrected chi connectivity index (χ1v) is 6.10. The molecule has 0 bridgehead atoms. The second-order valence-electron chi connectivity index (χ2n) is 4.20. The van der Waals surface area contributed by atoms with Crippen molar-refractivity contribution in [3.05, 3.63) is 42.1 Å². The molecule has 0 radical (unpaired) electrons. The molecule has 0 aliphatic carbocycles. The number of hydrogen-bond donors (Lipinski definition) is 1. The van der Waals surface area contributed by atoms with Crippen molar-refractivity contribution in [3.63, 3.8) is 0 Å². The van der Waals surface area contributed by atoms with Gasteiger partial charge in [-0.05, 0) is 18.1 Å². The van der Waals surface area contributed by atoms with E-state index >= 15 is 0 Å². The molecule has 1 heterocycles. The van der Waals surface area contributed by atoms with Gasteiger partial charge in [0.2, 0.25) is 5.91 Å².